The van der Waals surface area contributed by atoms with Crippen LogP contribution in [0.25, 0.3) is 0 Å². The number of piperazine rings is 1. The Morgan fingerprint density at radius 3 is 2.28 bits per heavy atom. The van der Waals surface area contributed by atoms with Crippen LogP contribution in [0.1, 0.15) is 21.5 Å². The summed E-state index contributed by atoms with van der Waals surface area (Å²) in [5.74, 6) is -0.553. The molecule has 1 aliphatic heterocycles. The molecule has 0 spiro atoms. The lowest BCUT2D eigenvalue weighted by molar-refractivity contribution is -0.394. The van der Waals surface area contributed by atoms with E-state index >= 15 is 0 Å². The molecule has 10 heteroatoms. The third kappa shape index (κ3) is 4.00. The highest BCUT2D eigenvalue weighted by atomic mass is 35.5. The first-order valence-electron chi connectivity index (χ1n) is 8.93. The Morgan fingerprint density at radius 1 is 1.03 bits per heavy atom. The standard InChI is InChI=1S/C19H19ClN4O5/c1-12-4-3-5-16(13(12)2)21-6-8-22(9-7-21)19(25)15-10-14(23(26)27)11-17(18(15)20)24(28)29/h3-5,10-11H,6-9H2,1-2H3. The highest BCUT2D eigenvalue weighted by molar-refractivity contribution is 6.36. The largest absolute Gasteiger partial charge is 0.368 e. The third-order valence-corrected chi connectivity index (χ3v) is 5.56. The predicted molar refractivity (Wildman–Crippen MR) is 109 cm³/mol. The number of hydrogen-bond acceptors (Lipinski definition) is 6. The number of amides is 1. The molecular formula is C19H19ClN4O5. The second-order valence-electron chi connectivity index (χ2n) is 6.84. The molecule has 1 aliphatic rings. The summed E-state index contributed by atoms with van der Waals surface area (Å²) in [5, 5.41) is 21.9. The van der Waals surface area contributed by atoms with Crippen molar-refractivity contribution in [2.24, 2.45) is 0 Å². The van der Waals surface area contributed by atoms with E-state index in [0.717, 1.165) is 17.8 Å². The van der Waals surface area contributed by atoms with Gasteiger partial charge in [-0.25, -0.2) is 0 Å². The summed E-state index contributed by atoms with van der Waals surface area (Å²) in [4.78, 5) is 37.3. The minimum Gasteiger partial charge on any atom is -0.368 e. The molecule has 9 nitrogen and oxygen atoms in total. The number of nitro benzene ring substituents is 2. The van der Waals surface area contributed by atoms with E-state index in [1.807, 2.05) is 32.0 Å². The molecule has 2 aromatic rings. The van der Waals surface area contributed by atoms with E-state index in [1.54, 1.807) is 0 Å². The predicted octanol–water partition coefficient (Wildman–Crippen LogP) is 3.74. The Balaban J connectivity index is 1.83. The summed E-state index contributed by atoms with van der Waals surface area (Å²) in [6, 6.07) is 7.81. The summed E-state index contributed by atoms with van der Waals surface area (Å²) in [7, 11) is 0. The normalized spacial score (nSPS) is 14.0. The number of halogens is 1. The molecule has 0 aromatic heterocycles. The zero-order chi connectivity index (χ0) is 21.3. The van der Waals surface area contributed by atoms with Crippen molar-refractivity contribution in [3.63, 3.8) is 0 Å². The van der Waals surface area contributed by atoms with Gasteiger partial charge in [0.25, 0.3) is 17.3 Å². The van der Waals surface area contributed by atoms with E-state index in [0.29, 0.717) is 26.2 Å². The van der Waals surface area contributed by atoms with Gasteiger partial charge in [-0.1, -0.05) is 23.7 Å². The highest BCUT2D eigenvalue weighted by Crippen LogP contribution is 2.34. The van der Waals surface area contributed by atoms with Crippen LogP contribution < -0.4 is 4.90 Å². The van der Waals surface area contributed by atoms with Crippen molar-refractivity contribution in [3.8, 4) is 0 Å². The van der Waals surface area contributed by atoms with Crippen molar-refractivity contribution in [2.45, 2.75) is 13.8 Å². The van der Waals surface area contributed by atoms with Gasteiger partial charge >= 0.3 is 0 Å². The minimum absolute atomic E-state index is 0.229. The molecule has 1 saturated heterocycles. The Labute approximate surface area is 171 Å². The number of aryl methyl sites for hydroxylation is 1. The van der Waals surface area contributed by atoms with Gasteiger partial charge in [0.15, 0.2) is 0 Å². The van der Waals surface area contributed by atoms with E-state index < -0.39 is 27.1 Å². The van der Waals surface area contributed by atoms with Gasteiger partial charge in [0.1, 0.15) is 5.02 Å². The zero-order valence-corrected chi connectivity index (χ0v) is 16.7. The monoisotopic (exact) mass is 418 g/mol. The van der Waals surface area contributed by atoms with Crippen LogP contribution in [0.4, 0.5) is 17.1 Å². The van der Waals surface area contributed by atoms with Gasteiger partial charge in [-0.3, -0.25) is 25.0 Å². The maximum Gasteiger partial charge on any atom is 0.295 e. The Kier molecular flexibility index (Phi) is 5.69. The summed E-state index contributed by atoms with van der Waals surface area (Å²) < 4.78 is 0. The molecule has 0 radical (unpaired) electrons. The van der Waals surface area contributed by atoms with Gasteiger partial charge in [-0.15, -0.1) is 0 Å². The second kappa shape index (κ2) is 8.04. The van der Waals surface area contributed by atoms with Crippen molar-refractivity contribution < 1.29 is 14.6 Å². The highest BCUT2D eigenvalue weighted by Gasteiger charge is 2.30. The van der Waals surface area contributed by atoms with Gasteiger partial charge in [0, 0.05) is 37.9 Å². The lowest BCUT2D eigenvalue weighted by atomic mass is 10.1. The Bertz CT molecular complexity index is 1000. The van der Waals surface area contributed by atoms with Crippen molar-refractivity contribution in [3.05, 3.63) is 72.3 Å². The Hall–Kier alpha value is -3.20. The maximum absolute atomic E-state index is 12.9. The molecule has 29 heavy (non-hydrogen) atoms. The van der Waals surface area contributed by atoms with Crippen LogP contribution in [0.15, 0.2) is 30.3 Å². The summed E-state index contributed by atoms with van der Waals surface area (Å²) in [5.41, 5.74) is 2.02. The number of nitrogens with zero attached hydrogens (tertiary/aromatic N) is 4. The number of nitro groups is 2. The number of benzene rings is 2. The molecule has 1 heterocycles. The van der Waals surface area contributed by atoms with Crippen LogP contribution in [-0.4, -0.2) is 46.8 Å². The van der Waals surface area contributed by atoms with Crippen molar-refractivity contribution in [1.29, 1.82) is 0 Å². The van der Waals surface area contributed by atoms with Crippen LogP contribution in [0.5, 0.6) is 0 Å². The first kappa shape index (κ1) is 20.5. The quantitative estimate of drug-likeness (QED) is 0.552. The van der Waals surface area contributed by atoms with E-state index in [4.69, 9.17) is 11.6 Å². The fourth-order valence-electron chi connectivity index (χ4n) is 3.39. The molecule has 0 atom stereocenters. The number of anilines is 1. The maximum atomic E-state index is 12.9. The molecule has 3 rings (SSSR count). The first-order chi connectivity index (χ1) is 13.7. The van der Waals surface area contributed by atoms with Crippen LogP contribution in [-0.2, 0) is 0 Å². The molecule has 0 bridgehead atoms. The Morgan fingerprint density at radius 2 is 1.69 bits per heavy atom. The molecule has 1 amide bonds. The van der Waals surface area contributed by atoms with Crippen LogP contribution in [0, 0.1) is 34.1 Å². The average molecular weight is 419 g/mol. The van der Waals surface area contributed by atoms with Gasteiger partial charge < -0.3 is 9.80 Å². The second-order valence-corrected chi connectivity index (χ2v) is 7.22. The zero-order valence-electron chi connectivity index (χ0n) is 15.9. The topological polar surface area (TPSA) is 110 Å². The number of carbonyl (C=O) groups is 1. The van der Waals surface area contributed by atoms with Crippen molar-refractivity contribution in [1.82, 2.24) is 4.90 Å². The number of carbonyl (C=O) groups excluding carboxylic acids is 1. The van der Waals surface area contributed by atoms with Gasteiger partial charge in [-0.05, 0) is 31.0 Å². The summed E-state index contributed by atoms with van der Waals surface area (Å²) in [6.07, 6.45) is 0. The van der Waals surface area contributed by atoms with Gasteiger partial charge in [0.05, 0.1) is 21.5 Å². The number of rotatable bonds is 4. The van der Waals surface area contributed by atoms with Gasteiger partial charge in [0.2, 0.25) is 0 Å². The molecule has 0 aliphatic carbocycles. The fourth-order valence-corrected chi connectivity index (χ4v) is 3.65. The number of non-ortho nitro benzene ring substituents is 1. The van der Waals surface area contributed by atoms with Crippen molar-refractivity contribution in [2.75, 3.05) is 31.1 Å². The van der Waals surface area contributed by atoms with Crippen molar-refractivity contribution >= 4 is 34.6 Å². The smallest absolute Gasteiger partial charge is 0.295 e. The SMILES string of the molecule is Cc1cccc(N2CCN(C(=O)c3cc([N+](=O)[O-])cc([N+](=O)[O-])c3Cl)CC2)c1C. The summed E-state index contributed by atoms with van der Waals surface area (Å²) in [6.45, 7) is 5.98. The fraction of sp³-hybridized carbons (Fsp3) is 0.316. The third-order valence-electron chi connectivity index (χ3n) is 5.16. The van der Waals surface area contributed by atoms with E-state index in [9.17, 15) is 25.0 Å². The average Bonchev–Trinajstić information content (AvgIpc) is 2.69. The lowest BCUT2D eigenvalue weighted by Gasteiger charge is -2.37. The molecular weight excluding hydrogens is 400 g/mol. The van der Waals surface area contributed by atoms with E-state index in [-0.39, 0.29) is 10.6 Å². The molecule has 2 aromatic carbocycles. The number of hydrogen-bond donors (Lipinski definition) is 0. The first-order valence-corrected chi connectivity index (χ1v) is 9.31. The molecule has 1 fully saturated rings. The van der Waals surface area contributed by atoms with E-state index in [1.165, 1.54) is 16.0 Å². The summed E-state index contributed by atoms with van der Waals surface area (Å²) >= 11 is 6.04. The van der Waals surface area contributed by atoms with Gasteiger partial charge in [-0.2, -0.15) is 0 Å². The van der Waals surface area contributed by atoms with Crippen LogP contribution in [0.3, 0.4) is 0 Å². The van der Waals surface area contributed by atoms with E-state index in [2.05, 4.69) is 4.90 Å². The van der Waals surface area contributed by atoms with Crippen LogP contribution in [0.2, 0.25) is 5.02 Å². The molecule has 0 N–H and O–H groups in total. The molecule has 0 unspecified atom stereocenters. The molecule has 152 valence electrons. The lowest BCUT2D eigenvalue weighted by Crippen LogP contribution is -2.49. The van der Waals surface area contributed by atoms with Crippen LogP contribution >= 0.6 is 11.6 Å². The molecule has 0 saturated carbocycles. The minimum atomic E-state index is -0.829.